The number of methoxy groups -OCH3 is 1. The molecule has 0 aromatic carbocycles. The predicted octanol–water partition coefficient (Wildman–Crippen LogP) is 3.30. The molecule has 0 aliphatic carbocycles. The van der Waals surface area contributed by atoms with Crippen LogP contribution in [0.25, 0.3) is 0 Å². The van der Waals surface area contributed by atoms with Crippen molar-refractivity contribution in [2.45, 2.75) is 31.5 Å². The van der Waals surface area contributed by atoms with E-state index in [9.17, 15) is 26.7 Å². The number of esters is 1. The van der Waals surface area contributed by atoms with Crippen LogP contribution < -0.4 is 5.32 Å². The Morgan fingerprint density at radius 3 is 2.43 bits per heavy atom. The first-order chi connectivity index (χ1) is 9.65. The minimum absolute atomic E-state index is 0.0788. The zero-order valence-corrected chi connectivity index (χ0v) is 11.3. The standard InChI is InChI=1S/C12H14F5NO3/c1-3-6-18-9(11(13,14)12(15,16)17)7-4-5-8(21-7)10(19)20-2/h4-5,9,18H,3,6H2,1-2H3. The number of carbonyl (C=O) groups excluding carboxylic acids is 1. The van der Waals surface area contributed by atoms with Gasteiger partial charge in [0.1, 0.15) is 11.8 Å². The molecule has 0 bridgehead atoms. The molecule has 9 heteroatoms. The lowest BCUT2D eigenvalue weighted by molar-refractivity contribution is -0.295. The maximum Gasteiger partial charge on any atom is 0.455 e. The number of hydrogen-bond donors (Lipinski definition) is 1. The summed E-state index contributed by atoms with van der Waals surface area (Å²) >= 11 is 0. The van der Waals surface area contributed by atoms with E-state index >= 15 is 0 Å². The molecule has 1 rings (SSSR count). The summed E-state index contributed by atoms with van der Waals surface area (Å²) in [6, 6.07) is -0.552. The van der Waals surface area contributed by atoms with Crippen molar-refractivity contribution in [3.05, 3.63) is 23.7 Å². The Balaban J connectivity index is 3.14. The molecule has 1 atom stereocenters. The Morgan fingerprint density at radius 1 is 1.33 bits per heavy atom. The summed E-state index contributed by atoms with van der Waals surface area (Å²) in [6.45, 7) is 1.53. The van der Waals surface area contributed by atoms with E-state index < -0.39 is 35.6 Å². The molecular formula is C12H14F5NO3. The number of hydrogen-bond acceptors (Lipinski definition) is 4. The van der Waals surface area contributed by atoms with E-state index in [1.165, 1.54) is 0 Å². The van der Waals surface area contributed by atoms with Crippen LogP contribution in [0.15, 0.2) is 16.5 Å². The second-order valence-corrected chi connectivity index (χ2v) is 4.20. The molecular weight excluding hydrogens is 301 g/mol. The van der Waals surface area contributed by atoms with E-state index in [0.29, 0.717) is 6.42 Å². The van der Waals surface area contributed by atoms with Crippen LogP contribution in [0.4, 0.5) is 22.0 Å². The van der Waals surface area contributed by atoms with Gasteiger partial charge in [-0.05, 0) is 25.1 Å². The van der Waals surface area contributed by atoms with Crippen molar-refractivity contribution in [3.8, 4) is 0 Å². The highest BCUT2D eigenvalue weighted by Crippen LogP contribution is 2.44. The fourth-order valence-electron chi connectivity index (χ4n) is 1.58. The molecule has 21 heavy (non-hydrogen) atoms. The van der Waals surface area contributed by atoms with Gasteiger partial charge in [0.25, 0.3) is 0 Å². The van der Waals surface area contributed by atoms with Crippen molar-refractivity contribution >= 4 is 5.97 Å². The van der Waals surface area contributed by atoms with E-state index in [-0.39, 0.29) is 6.54 Å². The summed E-state index contributed by atoms with van der Waals surface area (Å²) in [5.74, 6) is -7.15. The van der Waals surface area contributed by atoms with Crippen LogP contribution >= 0.6 is 0 Å². The van der Waals surface area contributed by atoms with Crippen LogP contribution in [0.3, 0.4) is 0 Å². The Labute approximate surface area is 117 Å². The van der Waals surface area contributed by atoms with E-state index in [1.807, 2.05) is 0 Å². The normalized spacial score (nSPS) is 14.0. The van der Waals surface area contributed by atoms with Crippen LogP contribution in [0.2, 0.25) is 0 Å². The van der Waals surface area contributed by atoms with Gasteiger partial charge < -0.3 is 14.5 Å². The van der Waals surface area contributed by atoms with Gasteiger partial charge in [0.2, 0.25) is 5.76 Å². The summed E-state index contributed by atoms with van der Waals surface area (Å²) in [6.07, 6.45) is -5.41. The smallest absolute Gasteiger partial charge is 0.455 e. The van der Waals surface area contributed by atoms with E-state index in [2.05, 4.69) is 10.1 Å². The van der Waals surface area contributed by atoms with Crippen molar-refractivity contribution in [1.29, 1.82) is 0 Å². The van der Waals surface area contributed by atoms with Crippen molar-refractivity contribution in [3.63, 3.8) is 0 Å². The average molecular weight is 315 g/mol. The molecule has 0 saturated carbocycles. The zero-order valence-electron chi connectivity index (χ0n) is 11.3. The van der Waals surface area contributed by atoms with Gasteiger partial charge in [-0.1, -0.05) is 6.92 Å². The quantitative estimate of drug-likeness (QED) is 0.646. The monoisotopic (exact) mass is 315 g/mol. The molecule has 0 amide bonds. The molecule has 1 aromatic rings. The SMILES string of the molecule is CCCNC(c1ccc(C(=O)OC)o1)C(F)(F)C(F)(F)F. The molecule has 120 valence electrons. The molecule has 1 N–H and O–H groups in total. The highest BCUT2D eigenvalue weighted by atomic mass is 19.4. The van der Waals surface area contributed by atoms with Crippen molar-refractivity contribution < 1.29 is 35.9 Å². The van der Waals surface area contributed by atoms with Crippen LogP contribution in [-0.2, 0) is 4.74 Å². The number of carbonyl (C=O) groups is 1. The third-order valence-corrected chi connectivity index (χ3v) is 2.64. The Hall–Kier alpha value is -1.64. The van der Waals surface area contributed by atoms with Gasteiger partial charge in [-0.15, -0.1) is 0 Å². The maximum absolute atomic E-state index is 13.5. The molecule has 0 spiro atoms. The highest BCUT2D eigenvalue weighted by molar-refractivity contribution is 5.86. The molecule has 1 heterocycles. The molecule has 1 unspecified atom stereocenters. The number of ether oxygens (including phenoxy) is 1. The fraction of sp³-hybridized carbons (Fsp3) is 0.583. The second kappa shape index (κ2) is 6.42. The lowest BCUT2D eigenvalue weighted by Gasteiger charge is -2.28. The third-order valence-electron chi connectivity index (χ3n) is 2.64. The summed E-state index contributed by atoms with van der Waals surface area (Å²) < 4.78 is 73.6. The minimum atomic E-state index is -5.75. The van der Waals surface area contributed by atoms with Crippen LogP contribution in [0, 0.1) is 0 Å². The van der Waals surface area contributed by atoms with Crippen LogP contribution in [-0.4, -0.2) is 31.7 Å². The Kier molecular flexibility index (Phi) is 5.32. The van der Waals surface area contributed by atoms with Crippen molar-refractivity contribution in [2.24, 2.45) is 0 Å². The maximum atomic E-state index is 13.5. The molecule has 0 saturated heterocycles. The van der Waals surface area contributed by atoms with Gasteiger partial charge in [0.05, 0.1) is 7.11 Å². The summed E-state index contributed by atoms with van der Waals surface area (Å²) in [5.41, 5.74) is 0. The molecule has 0 fully saturated rings. The zero-order chi connectivity index (χ0) is 16.3. The summed E-state index contributed by atoms with van der Waals surface area (Å²) in [7, 11) is 1.03. The van der Waals surface area contributed by atoms with E-state index in [4.69, 9.17) is 4.42 Å². The van der Waals surface area contributed by atoms with Gasteiger partial charge in [-0.2, -0.15) is 22.0 Å². The van der Waals surface area contributed by atoms with Gasteiger partial charge >= 0.3 is 18.1 Å². The first-order valence-corrected chi connectivity index (χ1v) is 6.01. The Bertz CT molecular complexity index is 483. The fourth-order valence-corrected chi connectivity index (χ4v) is 1.58. The van der Waals surface area contributed by atoms with Gasteiger partial charge in [-0.3, -0.25) is 0 Å². The summed E-state index contributed by atoms with van der Waals surface area (Å²) in [5, 5.41) is 2.09. The number of halogens is 5. The number of furan rings is 1. The van der Waals surface area contributed by atoms with E-state index in [1.54, 1.807) is 6.92 Å². The lowest BCUT2D eigenvalue weighted by Crippen LogP contribution is -2.48. The van der Waals surface area contributed by atoms with Gasteiger partial charge in [0, 0.05) is 0 Å². The Morgan fingerprint density at radius 2 is 1.95 bits per heavy atom. The van der Waals surface area contributed by atoms with Gasteiger partial charge in [-0.25, -0.2) is 4.79 Å². The first-order valence-electron chi connectivity index (χ1n) is 6.01. The lowest BCUT2D eigenvalue weighted by atomic mass is 10.1. The summed E-state index contributed by atoms with van der Waals surface area (Å²) in [4.78, 5) is 11.2. The number of alkyl halides is 5. The average Bonchev–Trinajstić information content (AvgIpc) is 2.86. The molecule has 0 radical (unpaired) electrons. The van der Waals surface area contributed by atoms with E-state index in [0.717, 1.165) is 19.2 Å². The van der Waals surface area contributed by atoms with Crippen LogP contribution in [0.1, 0.15) is 35.7 Å². The van der Waals surface area contributed by atoms with Crippen molar-refractivity contribution in [2.75, 3.05) is 13.7 Å². The molecule has 0 aliphatic heterocycles. The van der Waals surface area contributed by atoms with Gasteiger partial charge in [0.15, 0.2) is 0 Å². The third kappa shape index (κ3) is 3.72. The number of rotatable bonds is 6. The molecule has 0 aliphatic rings. The van der Waals surface area contributed by atoms with Crippen molar-refractivity contribution in [1.82, 2.24) is 5.32 Å². The largest absolute Gasteiger partial charge is 0.463 e. The predicted molar refractivity (Wildman–Crippen MR) is 62.1 cm³/mol. The number of nitrogens with one attached hydrogen (secondary N) is 1. The topological polar surface area (TPSA) is 51.5 Å². The first kappa shape index (κ1) is 17.4. The minimum Gasteiger partial charge on any atom is -0.463 e. The highest BCUT2D eigenvalue weighted by Gasteiger charge is 2.63. The molecule has 1 aromatic heterocycles. The van der Waals surface area contributed by atoms with Crippen LogP contribution in [0.5, 0.6) is 0 Å². The molecule has 4 nitrogen and oxygen atoms in total. The second-order valence-electron chi connectivity index (χ2n) is 4.20.